The Labute approximate surface area is 124 Å². The van der Waals surface area contributed by atoms with Crippen molar-refractivity contribution in [2.24, 2.45) is 0 Å². The number of benzene rings is 2. The minimum absolute atomic E-state index is 0.0905. The highest BCUT2D eigenvalue weighted by Gasteiger charge is 2.36. The number of hydrogen-bond acceptors (Lipinski definition) is 3. The molecule has 1 aliphatic rings. The van der Waals surface area contributed by atoms with Crippen LogP contribution < -0.4 is 15.0 Å². The fraction of sp³-hybridized carbons (Fsp3) is 0.235. The van der Waals surface area contributed by atoms with Crippen molar-refractivity contribution in [1.82, 2.24) is 5.32 Å². The minimum atomic E-state index is -0.0905. The fourth-order valence-corrected chi connectivity index (χ4v) is 2.41. The van der Waals surface area contributed by atoms with E-state index in [1.165, 1.54) is 5.56 Å². The summed E-state index contributed by atoms with van der Waals surface area (Å²) in [6.45, 7) is 1.42. The number of nitrogens with zero attached hydrogens (tertiary/aromatic N) is 1. The van der Waals surface area contributed by atoms with Gasteiger partial charge in [0.2, 0.25) is 5.91 Å². The number of hydrogen-bond donors (Lipinski definition) is 1. The summed E-state index contributed by atoms with van der Waals surface area (Å²) >= 11 is 0. The molecule has 1 amide bonds. The molecule has 3 rings (SSSR count). The number of carbonyl (C=O) groups excluding carboxylic acids is 1. The molecule has 0 spiro atoms. The molecule has 1 fully saturated rings. The molecule has 4 nitrogen and oxygen atoms in total. The first-order valence-corrected chi connectivity index (χ1v) is 7.00. The van der Waals surface area contributed by atoms with Gasteiger partial charge in [-0.25, -0.2) is 0 Å². The molecule has 4 heteroatoms. The summed E-state index contributed by atoms with van der Waals surface area (Å²) in [5, 5.41) is 3.29. The molecule has 0 radical (unpaired) electrons. The van der Waals surface area contributed by atoms with E-state index >= 15 is 0 Å². The zero-order chi connectivity index (χ0) is 14.7. The van der Waals surface area contributed by atoms with Crippen LogP contribution in [0.15, 0.2) is 54.6 Å². The van der Waals surface area contributed by atoms with E-state index in [1.54, 1.807) is 12.0 Å². The molecule has 1 heterocycles. The lowest BCUT2D eigenvalue weighted by atomic mass is 10.1. The number of methoxy groups -OCH3 is 1. The van der Waals surface area contributed by atoms with Crippen LogP contribution in [0.3, 0.4) is 0 Å². The Morgan fingerprint density at radius 3 is 2.48 bits per heavy atom. The first-order chi connectivity index (χ1) is 10.3. The Kier molecular flexibility index (Phi) is 3.88. The van der Waals surface area contributed by atoms with Gasteiger partial charge < -0.3 is 15.0 Å². The minimum Gasteiger partial charge on any atom is -0.497 e. The molecule has 0 saturated carbocycles. The molecule has 0 aromatic heterocycles. The Balaban J connectivity index is 1.55. The van der Waals surface area contributed by atoms with Crippen LogP contribution in [-0.2, 0) is 11.3 Å². The van der Waals surface area contributed by atoms with Crippen molar-refractivity contribution in [1.29, 1.82) is 0 Å². The number of anilines is 1. The average Bonchev–Trinajstić information content (AvgIpc) is 2.55. The van der Waals surface area contributed by atoms with Gasteiger partial charge in [-0.3, -0.25) is 4.79 Å². The highest BCUT2D eigenvalue weighted by atomic mass is 16.5. The van der Waals surface area contributed by atoms with Crippen LogP contribution in [0.4, 0.5) is 5.69 Å². The normalized spacial score (nSPS) is 17.5. The standard InChI is InChI=1S/C17H18N2O2/c1-21-15-9-7-14(8-10-15)19-12-16(17(19)20)18-11-13-5-3-2-4-6-13/h2-10,16,18H,11-12H2,1H3. The lowest BCUT2D eigenvalue weighted by molar-refractivity contribution is -0.124. The van der Waals surface area contributed by atoms with E-state index < -0.39 is 0 Å². The molecular weight excluding hydrogens is 264 g/mol. The van der Waals surface area contributed by atoms with Crippen molar-refractivity contribution >= 4 is 11.6 Å². The van der Waals surface area contributed by atoms with Crippen molar-refractivity contribution in [2.45, 2.75) is 12.6 Å². The fourth-order valence-electron chi connectivity index (χ4n) is 2.41. The number of β-lactam (4-membered cyclic amide) rings is 1. The van der Waals surface area contributed by atoms with E-state index in [2.05, 4.69) is 17.4 Å². The Hall–Kier alpha value is -2.33. The SMILES string of the molecule is COc1ccc(N2CC(NCc3ccccc3)C2=O)cc1. The number of amides is 1. The third-order valence-electron chi connectivity index (χ3n) is 3.71. The summed E-state index contributed by atoms with van der Waals surface area (Å²) in [6, 6.07) is 17.6. The van der Waals surface area contributed by atoms with Crippen LogP contribution in [0.2, 0.25) is 0 Å². The first kappa shape index (κ1) is 13.6. The maximum atomic E-state index is 12.2. The Morgan fingerprint density at radius 2 is 1.86 bits per heavy atom. The summed E-state index contributed by atoms with van der Waals surface area (Å²) in [6.07, 6.45) is 0. The van der Waals surface area contributed by atoms with E-state index in [1.807, 2.05) is 42.5 Å². The summed E-state index contributed by atoms with van der Waals surface area (Å²) < 4.78 is 5.12. The van der Waals surface area contributed by atoms with Gasteiger partial charge in [0.25, 0.3) is 0 Å². The summed E-state index contributed by atoms with van der Waals surface area (Å²) in [4.78, 5) is 13.9. The van der Waals surface area contributed by atoms with Gasteiger partial charge in [0.1, 0.15) is 11.8 Å². The van der Waals surface area contributed by atoms with Gasteiger partial charge in [0.15, 0.2) is 0 Å². The second-order valence-electron chi connectivity index (χ2n) is 5.07. The Morgan fingerprint density at radius 1 is 1.14 bits per heavy atom. The molecule has 1 unspecified atom stereocenters. The van der Waals surface area contributed by atoms with Gasteiger partial charge >= 0.3 is 0 Å². The van der Waals surface area contributed by atoms with Crippen LogP contribution in [0, 0.1) is 0 Å². The van der Waals surface area contributed by atoms with Crippen LogP contribution in [0.5, 0.6) is 5.75 Å². The summed E-state index contributed by atoms with van der Waals surface area (Å²) in [7, 11) is 1.63. The zero-order valence-electron chi connectivity index (χ0n) is 12.0. The van der Waals surface area contributed by atoms with Crippen LogP contribution >= 0.6 is 0 Å². The molecule has 108 valence electrons. The molecule has 1 atom stereocenters. The van der Waals surface area contributed by atoms with Crippen LogP contribution in [0.25, 0.3) is 0 Å². The number of nitrogens with one attached hydrogen (secondary N) is 1. The third kappa shape index (κ3) is 2.90. The monoisotopic (exact) mass is 282 g/mol. The van der Waals surface area contributed by atoms with Crippen molar-refractivity contribution in [2.75, 3.05) is 18.6 Å². The van der Waals surface area contributed by atoms with Crippen LogP contribution in [0.1, 0.15) is 5.56 Å². The van der Waals surface area contributed by atoms with Gasteiger partial charge in [-0.15, -0.1) is 0 Å². The van der Waals surface area contributed by atoms with E-state index in [-0.39, 0.29) is 11.9 Å². The zero-order valence-corrected chi connectivity index (χ0v) is 12.0. The van der Waals surface area contributed by atoms with Gasteiger partial charge in [-0.2, -0.15) is 0 Å². The Bertz CT molecular complexity index is 610. The number of rotatable bonds is 5. The maximum absolute atomic E-state index is 12.2. The van der Waals surface area contributed by atoms with Crippen molar-refractivity contribution in [3.63, 3.8) is 0 Å². The molecule has 21 heavy (non-hydrogen) atoms. The molecular formula is C17H18N2O2. The van der Waals surface area contributed by atoms with Crippen molar-refractivity contribution in [3.8, 4) is 5.75 Å². The smallest absolute Gasteiger partial charge is 0.246 e. The second-order valence-corrected chi connectivity index (χ2v) is 5.07. The molecule has 0 bridgehead atoms. The van der Waals surface area contributed by atoms with E-state index in [9.17, 15) is 4.79 Å². The average molecular weight is 282 g/mol. The van der Waals surface area contributed by atoms with Gasteiger partial charge in [-0.05, 0) is 29.8 Å². The maximum Gasteiger partial charge on any atom is 0.246 e. The van der Waals surface area contributed by atoms with E-state index in [4.69, 9.17) is 4.74 Å². The van der Waals surface area contributed by atoms with Crippen molar-refractivity contribution in [3.05, 3.63) is 60.2 Å². The highest BCUT2D eigenvalue weighted by Crippen LogP contribution is 2.24. The third-order valence-corrected chi connectivity index (χ3v) is 3.71. The predicted octanol–water partition coefficient (Wildman–Crippen LogP) is 2.20. The molecule has 2 aromatic rings. The van der Waals surface area contributed by atoms with Gasteiger partial charge in [0.05, 0.1) is 13.7 Å². The molecule has 1 saturated heterocycles. The van der Waals surface area contributed by atoms with E-state index in [0.717, 1.165) is 11.4 Å². The molecule has 2 aromatic carbocycles. The largest absolute Gasteiger partial charge is 0.497 e. The summed E-state index contributed by atoms with van der Waals surface area (Å²) in [5.41, 5.74) is 2.10. The van der Waals surface area contributed by atoms with Crippen molar-refractivity contribution < 1.29 is 9.53 Å². The van der Waals surface area contributed by atoms with Gasteiger partial charge in [0, 0.05) is 12.2 Å². The highest BCUT2D eigenvalue weighted by molar-refractivity contribution is 6.04. The van der Waals surface area contributed by atoms with Gasteiger partial charge in [-0.1, -0.05) is 30.3 Å². The summed E-state index contributed by atoms with van der Waals surface area (Å²) in [5.74, 6) is 0.918. The quantitative estimate of drug-likeness (QED) is 0.855. The molecule has 1 N–H and O–H groups in total. The van der Waals surface area contributed by atoms with Crippen LogP contribution in [-0.4, -0.2) is 25.6 Å². The topological polar surface area (TPSA) is 41.6 Å². The number of carbonyl (C=O) groups is 1. The predicted molar refractivity (Wildman–Crippen MR) is 82.4 cm³/mol. The molecule has 1 aliphatic heterocycles. The lowest BCUT2D eigenvalue weighted by Gasteiger charge is -2.39. The molecule has 0 aliphatic carbocycles. The second kappa shape index (κ2) is 5.97. The number of ether oxygens (including phenoxy) is 1. The van der Waals surface area contributed by atoms with E-state index in [0.29, 0.717) is 13.1 Å². The lowest BCUT2D eigenvalue weighted by Crippen LogP contribution is -2.62. The first-order valence-electron chi connectivity index (χ1n) is 7.00.